The second-order valence-electron chi connectivity index (χ2n) is 1.65. The third-order valence-corrected chi connectivity index (χ3v) is 7.20. The minimum atomic E-state index is -3.71. The predicted octanol–water partition coefficient (Wildman–Crippen LogP) is 1.12. The molecule has 0 aliphatic heterocycles. The first kappa shape index (κ1) is 9.50. The van der Waals surface area contributed by atoms with Crippen molar-refractivity contribution in [3.63, 3.8) is 0 Å². The fraction of sp³-hybridized carbons (Fsp3) is 1.00. The van der Waals surface area contributed by atoms with Gasteiger partial charge in [-0.1, -0.05) is 13.8 Å². The minimum Gasteiger partial charge on any atom is -0.318 e. The summed E-state index contributed by atoms with van der Waals surface area (Å²) in [5, 5.41) is 0. The quantitative estimate of drug-likeness (QED) is 0.441. The van der Waals surface area contributed by atoms with Crippen LogP contribution in [-0.2, 0) is 4.57 Å². The third-order valence-electron chi connectivity index (χ3n) is 1.10. The first-order chi connectivity index (χ1) is 4.02. The lowest BCUT2D eigenvalue weighted by molar-refractivity contribution is 0.396. The second-order valence-corrected chi connectivity index (χ2v) is 8.22. The van der Waals surface area contributed by atoms with Crippen LogP contribution in [0.4, 0.5) is 0 Å². The standard InChI is InChI=1S/C4H13O3PS/c1-3-9(4-2)8(5,6)7/h9H,3-4H2,1-2H3,(H2,5,6,7). The van der Waals surface area contributed by atoms with Gasteiger partial charge < -0.3 is 9.79 Å². The lowest BCUT2D eigenvalue weighted by Crippen LogP contribution is -1.88. The fourth-order valence-corrected chi connectivity index (χ4v) is 3.99. The molecule has 0 heterocycles. The molecule has 0 aromatic heterocycles. The Morgan fingerprint density at radius 2 is 1.67 bits per heavy atom. The van der Waals surface area contributed by atoms with Gasteiger partial charge in [0.25, 0.3) is 0 Å². The number of rotatable bonds is 3. The van der Waals surface area contributed by atoms with E-state index in [1.54, 1.807) is 0 Å². The van der Waals surface area contributed by atoms with Crippen LogP contribution in [0.2, 0.25) is 0 Å². The van der Waals surface area contributed by atoms with Crippen molar-refractivity contribution in [2.24, 2.45) is 0 Å². The van der Waals surface area contributed by atoms with Crippen molar-refractivity contribution in [3.8, 4) is 0 Å². The van der Waals surface area contributed by atoms with Gasteiger partial charge in [0.2, 0.25) is 0 Å². The molecule has 3 nitrogen and oxygen atoms in total. The van der Waals surface area contributed by atoms with Gasteiger partial charge in [0.05, 0.1) is 0 Å². The Bertz CT molecular complexity index is 117. The molecule has 2 N–H and O–H groups in total. The zero-order chi connectivity index (χ0) is 7.49. The van der Waals surface area contributed by atoms with Gasteiger partial charge in [-0.05, 0) is 11.5 Å². The topological polar surface area (TPSA) is 57.5 Å². The molecule has 0 aliphatic rings. The fourth-order valence-electron chi connectivity index (χ4n) is 0.592. The molecule has 0 amide bonds. The maximum absolute atomic E-state index is 10.5. The molecule has 0 saturated carbocycles. The van der Waals surface area contributed by atoms with E-state index in [-0.39, 0.29) is 0 Å². The molecule has 0 aromatic carbocycles. The molecule has 0 fully saturated rings. The van der Waals surface area contributed by atoms with E-state index < -0.39 is 17.3 Å². The van der Waals surface area contributed by atoms with E-state index in [2.05, 4.69) is 0 Å². The molecule has 5 heteroatoms. The van der Waals surface area contributed by atoms with Crippen LogP contribution in [-0.4, -0.2) is 21.3 Å². The Hall–Kier alpha value is 0.500. The Morgan fingerprint density at radius 3 is 1.67 bits per heavy atom. The molecule has 0 bridgehead atoms. The van der Waals surface area contributed by atoms with E-state index in [0.29, 0.717) is 11.5 Å². The minimum absolute atomic E-state index is 0.621. The summed E-state index contributed by atoms with van der Waals surface area (Å²) in [5.41, 5.74) is 0. The number of hydrogen-bond acceptors (Lipinski definition) is 1. The first-order valence-electron chi connectivity index (χ1n) is 2.83. The van der Waals surface area contributed by atoms with Crippen LogP contribution < -0.4 is 0 Å². The maximum atomic E-state index is 10.5. The van der Waals surface area contributed by atoms with Gasteiger partial charge in [0.1, 0.15) is 0 Å². The van der Waals surface area contributed by atoms with Crippen molar-refractivity contribution >= 4 is 17.3 Å². The summed E-state index contributed by atoms with van der Waals surface area (Å²) in [5.74, 6) is 1.24. The van der Waals surface area contributed by atoms with E-state index in [1.165, 1.54) is 0 Å². The van der Waals surface area contributed by atoms with Crippen LogP contribution in [0.1, 0.15) is 13.8 Å². The summed E-state index contributed by atoms with van der Waals surface area (Å²) in [6, 6.07) is 0. The molecule has 0 unspecified atom stereocenters. The van der Waals surface area contributed by atoms with Crippen LogP contribution in [0.15, 0.2) is 0 Å². The van der Waals surface area contributed by atoms with Crippen molar-refractivity contribution in [1.82, 2.24) is 0 Å². The Morgan fingerprint density at radius 1 is 1.33 bits per heavy atom. The van der Waals surface area contributed by atoms with Crippen molar-refractivity contribution in [2.75, 3.05) is 11.5 Å². The summed E-state index contributed by atoms with van der Waals surface area (Å²) < 4.78 is 10.5. The zero-order valence-corrected chi connectivity index (χ0v) is 7.40. The van der Waals surface area contributed by atoms with E-state index >= 15 is 0 Å². The molecular weight excluding hydrogens is 159 g/mol. The molecule has 0 aliphatic carbocycles. The van der Waals surface area contributed by atoms with Crippen molar-refractivity contribution in [1.29, 1.82) is 0 Å². The van der Waals surface area contributed by atoms with Crippen LogP contribution in [0.5, 0.6) is 0 Å². The summed E-state index contributed by atoms with van der Waals surface area (Å²) in [6.45, 7) is -0.0835. The van der Waals surface area contributed by atoms with Crippen molar-refractivity contribution in [2.45, 2.75) is 13.8 Å². The van der Waals surface area contributed by atoms with Gasteiger partial charge in [-0.25, -0.2) is 4.57 Å². The molecule has 0 radical (unpaired) electrons. The summed E-state index contributed by atoms with van der Waals surface area (Å²) in [7, 11) is -1.03. The first-order valence-corrected chi connectivity index (χ1v) is 6.86. The molecule has 58 valence electrons. The van der Waals surface area contributed by atoms with Gasteiger partial charge in [-0.15, -0.1) is 0 Å². The molecule has 0 aromatic rings. The highest BCUT2D eigenvalue weighted by atomic mass is 32.8. The van der Waals surface area contributed by atoms with E-state index in [0.717, 1.165) is 0 Å². The number of hydrogen-bond donors (Lipinski definition) is 3. The molecule has 9 heavy (non-hydrogen) atoms. The normalized spacial score (nSPS) is 13.6. The highest BCUT2D eigenvalue weighted by Gasteiger charge is 2.19. The van der Waals surface area contributed by atoms with Crippen LogP contribution >= 0.6 is 17.3 Å². The second kappa shape index (κ2) is 3.62. The smallest absolute Gasteiger partial charge is 0.318 e. The van der Waals surface area contributed by atoms with Crippen LogP contribution in [0.3, 0.4) is 0 Å². The molecule has 0 atom stereocenters. The zero-order valence-electron chi connectivity index (χ0n) is 5.61. The van der Waals surface area contributed by atoms with E-state index in [9.17, 15) is 4.57 Å². The highest BCUT2D eigenvalue weighted by molar-refractivity contribution is 8.65. The SMILES string of the molecule is CC[SH](CC)P(=O)(O)O. The average molecular weight is 172 g/mol. The maximum Gasteiger partial charge on any atom is 0.364 e. The lowest BCUT2D eigenvalue weighted by Gasteiger charge is -2.17. The predicted molar refractivity (Wildman–Crippen MR) is 42.1 cm³/mol. The summed E-state index contributed by atoms with van der Waals surface area (Å²) >= 11 is 0. The Kier molecular flexibility index (Phi) is 3.82. The van der Waals surface area contributed by atoms with E-state index in [1.807, 2.05) is 13.8 Å². The van der Waals surface area contributed by atoms with Gasteiger partial charge >= 0.3 is 6.80 Å². The Balaban J connectivity index is 3.96. The molecular formula is C4H13O3PS. The lowest BCUT2D eigenvalue weighted by atomic mass is 11.0. The molecule has 0 rings (SSSR count). The number of thiol groups is 1. The summed E-state index contributed by atoms with van der Waals surface area (Å²) in [6.07, 6.45) is 0. The van der Waals surface area contributed by atoms with Gasteiger partial charge in [0, 0.05) is 0 Å². The third kappa shape index (κ3) is 3.26. The Labute approximate surface area is 57.7 Å². The highest BCUT2D eigenvalue weighted by Crippen LogP contribution is 2.62. The molecule has 0 saturated heterocycles. The van der Waals surface area contributed by atoms with Crippen molar-refractivity contribution < 1.29 is 14.4 Å². The van der Waals surface area contributed by atoms with Gasteiger partial charge in [0.15, 0.2) is 0 Å². The average Bonchev–Trinajstić information content (AvgIpc) is 1.65. The monoisotopic (exact) mass is 172 g/mol. The van der Waals surface area contributed by atoms with Crippen LogP contribution in [0.25, 0.3) is 0 Å². The van der Waals surface area contributed by atoms with Crippen molar-refractivity contribution in [3.05, 3.63) is 0 Å². The largest absolute Gasteiger partial charge is 0.364 e. The van der Waals surface area contributed by atoms with E-state index in [4.69, 9.17) is 9.79 Å². The summed E-state index contributed by atoms with van der Waals surface area (Å²) in [4.78, 5) is 17.2. The molecule has 0 spiro atoms. The van der Waals surface area contributed by atoms with Gasteiger partial charge in [-0.3, -0.25) is 0 Å². The van der Waals surface area contributed by atoms with Gasteiger partial charge in [-0.2, -0.15) is 10.5 Å². The van der Waals surface area contributed by atoms with Crippen LogP contribution in [0, 0.1) is 0 Å².